The van der Waals surface area contributed by atoms with Crippen LogP contribution in [0.15, 0.2) is 30.6 Å². The van der Waals surface area contributed by atoms with Gasteiger partial charge in [-0.05, 0) is 31.2 Å². The smallest absolute Gasteiger partial charge is 0.227 e. The van der Waals surface area contributed by atoms with E-state index in [1.165, 1.54) is 0 Å². The van der Waals surface area contributed by atoms with E-state index in [1.807, 2.05) is 36.1 Å². The predicted octanol–water partition coefficient (Wildman–Crippen LogP) is 2.24. The van der Waals surface area contributed by atoms with Crippen LogP contribution >= 0.6 is 0 Å². The third kappa shape index (κ3) is 2.96. The molecule has 0 spiro atoms. The summed E-state index contributed by atoms with van der Waals surface area (Å²) in [6, 6.07) is 7.71. The van der Waals surface area contributed by atoms with E-state index in [2.05, 4.69) is 20.2 Å². The van der Waals surface area contributed by atoms with Crippen LogP contribution in [0.5, 0.6) is 5.75 Å². The number of aromatic nitrogens is 4. The number of ether oxygens (including phenoxy) is 1. The zero-order valence-corrected chi connectivity index (χ0v) is 14.9. The standard InChI is InChI=1S/C19H21N5O2/c1-12-15(19(23-22-12)13-3-5-14(26-2)6-4-13)9-18(25)24-8-7-16-17(10-24)21-11-20-16/h3-6,11H,7-10H2,1-2H3,(H,20,21)(H,22,23). The Morgan fingerprint density at radius 3 is 2.88 bits per heavy atom. The molecule has 26 heavy (non-hydrogen) atoms. The predicted molar refractivity (Wildman–Crippen MR) is 96.7 cm³/mol. The van der Waals surface area contributed by atoms with Gasteiger partial charge in [0.15, 0.2) is 0 Å². The summed E-state index contributed by atoms with van der Waals surface area (Å²) in [6.07, 6.45) is 2.81. The third-order valence-electron chi connectivity index (χ3n) is 4.89. The number of nitrogens with zero attached hydrogens (tertiary/aromatic N) is 3. The lowest BCUT2D eigenvalue weighted by Gasteiger charge is -2.26. The van der Waals surface area contributed by atoms with Crippen LogP contribution in [0.3, 0.4) is 0 Å². The molecule has 0 atom stereocenters. The Morgan fingerprint density at radius 2 is 2.12 bits per heavy atom. The highest BCUT2D eigenvalue weighted by Gasteiger charge is 2.24. The number of methoxy groups -OCH3 is 1. The van der Waals surface area contributed by atoms with Gasteiger partial charge in [0.25, 0.3) is 0 Å². The number of carbonyl (C=O) groups is 1. The molecule has 7 nitrogen and oxygen atoms in total. The monoisotopic (exact) mass is 351 g/mol. The molecule has 2 aromatic heterocycles. The average molecular weight is 351 g/mol. The number of imidazole rings is 1. The van der Waals surface area contributed by atoms with Gasteiger partial charge >= 0.3 is 0 Å². The van der Waals surface area contributed by atoms with Crippen molar-refractivity contribution in [2.75, 3.05) is 13.7 Å². The zero-order chi connectivity index (χ0) is 18.1. The number of nitrogens with one attached hydrogen (secondary N) is 2. The van der Waals surface area contributed by atoms with E-state index in [9.17, 15) is 4.79 Å². The fraction of sp³-hybridized carbons (Fsp3) is 0.316. The number of carbonyl (C=O) groups excluding carboxylic acids is 1. The van der Waals surface area contributed by atoms with Gasteiger partial charge in [-0.25, -0.2) is 4.98 Å². The van der Waals surface area contributed by atoms with Crippen molar-refractivity contribution in [3.8, 4) is 17.0 Å². The first-order valence-corrected chi connectivity index (χ1v) is 8.63. The lowest BCUT2D eigenvalue weighted by molar-refractivity contribution is -0.131. The summed E-state index contributed by atoms with van der Waals surface area (Å²) in [5.74, 6) is 0.895. The highest BCUT2D eigenvalue weighted by molar-refractivity contribution is 5.82. The molecule has 7 heteroatoms. The summed E-state index contributed by atoms with van der Waals surface area (Å²) in [4.78, 5) is 22.2. The second kappa shape index (κ2) is 6.67. The summed E-state index contributed by atoms with van der Waals surface area (Å²) in [5, 5.41) is 7.43. The summed E-state index contributed by atoms with van der Waals surface area (Å²) in [6.45, 7) is 3.24. The normalized spacial score (nSPS) is 13.5. The molecule has 0 bridgehead atoms. The van der Waals surface area contributed by atoms with E-state index < -0.39 is 0 Å². The van der Waals surface area contributed by atoms with E-state index in [4.69, 9.17) is 4.74 Å². The van der Waals surface area contributed by atoms with Gasteiger partial charge in [0.1, 0.15) is 5.75 Å². The molecule has 3 heterocycles. The minimum atomic E-state index is 0.101. The van der Waals surface area contributed by atoms with Crippen LogP contribution in [0.1, 0.15) is 22.6 Å². The maximum atomic E-state index is 12.9. The molecule has 2 N–H and O–H groups in total. The highest BCUT2D eigenvalue weighted by atomic mass is 16.5. The molecule has 1 amide bonds. The molecule has 134 valence electrons. The Hall–Kier alpha value is -3.09. The zero-order valence-electron chi connectivity index (χ0n) is 14.9. The van der Waals surface area contributed by atoms with Crippen molar-refractivity contribution in [1.82, 2.24) is 25.1 Å². The molecule has 0 unspecified atom stereocenters. The van der Waals surface area contributed by atoms with E-state index in [0.717, 1.165) is 46.1 Å². The van der Waals surface area contributed by atoms with Crippen molar-refractivity contribution in [2.24, 2.45) is 0 Å². The summed E-state index contributed by atoms with van der Waals surface area (Å²) in [5.41, 5.74) is 5.74. The summed E-state index contributed by atoms with van der Waals surface area (Å²) >= 11 is 0. The van der Waals surface area contributed by atoms with E-state index in [1.54, 1.807) is 13.4 Å². The molecular weight excluding hydrogens is 330 g/mol. The molecular formula is C19H21N5O2. The van der Waals surface area contributed by atoms with Crippen LogP contribution in [-0.2, 0) is 24.2 Å². The Kier molecular flexibility index (Phi) is 4.20. The van der Waals surface area contributed by atoms with Crippen LogP contribution in [0, 0.1) is 6.92 Å². The summed E-state index contributed by atoms with van der Waals surface area (Å²) in [7, 11) is 1.64. The fourth-order valence-corrected chi connectivity index (χ4v) is 3.34. The number of fused-ring (bicyclic) bond motifs is 1. The van der Waals surface area contributed by atoms with Crippen molar-refractivity contribution in [3.05, 3.63) is 53.2 Å². The van der Waals surface area contributed by atoms with Crippen LogP contribution < -0.4 is 4.74 Å². The number of amides is 1. The Labute approximate surface area is 151 Å². The number of aromatic amines is 2. The summed E-state index contributed by atoms with van der Waals surface area (Å²) < 4.78 is 5.21. The van der Waals surface area contributed by atoms with Gasteiger partial charge in [-0.3, -0.25) is 9.89 Å². The van der Waals surface area contributed by atoms with Crippen molar-refractivity contribution in [2.45, 2.75) is 26.3 Å². The maximum Gasteiger partial charge on any atom is 0.227 e. The number of rotatable bonds is 4. The van der Waals surface area contributed by atoms with Gasteiger partial charge in [0.2, 0.25) is 5.91 Å². The highest BCUT2D eigenvalue weighted by Crippen LogP contribution is 2.27. The number of hydrogen-bond donors (Lipinski definition) is 2. The average Bonchev–Trinajstić information content (AvgIpc) is 3.28. The molecule has 1 aromatic carbocycles. The van der Waals surface area contributed by atoms with Gasteiger partial charge in [-0.2, -0.15) is 5.10 Å². The third-order valence-corrected chi connectivity index (χ3v) is 4.89. The Balaban J connectivity index is 1.55. The number of aryl methyl sites for hydroxylation is 1. The number of benzene rings is 1. The molecule has 1 aliphatic heterocycles. The molecule has 4 rings (SSSR count). The first-order chi connectivity index (χ1) is 12.7. The van der Waals surface area contributed by atoms with E-state index >= 15 is 0 Å². The van der Waals surface area contributed by atoms with Crippen molar-refractivity contribution < 1.29 is 9.53 Å². The van der Waals surface area contributed by atoms with E-state index in [0.29, 0.717) is 19.5 Å². The minimum absolute atomic E-state index is 0.101. The van der Waals surface area contributed by atoms with Crippen LogP contribution in [-0.4, -0.2) is 44.6 Å². The van der Waals surface area contributed by atoms with Crippen LogP contribution in [0.2, 0.25) is 0 Å². The Bertz CT molecular complexity index is 926. The lowest BCUT2D eigenvalue weighted by Crippen LogP contribution is -2.37. The van der Waals surface area contributed by atoms with Crippen molar-refractivity contribution >= 4 is 5.91 Å². The minimum Gasteiger partial charge on any atom is -0.497 e. The first-order valence-electron chi connectivity index (χ1n) is 8.63. The van der Waals surface area contributed by atoms with Crippen molar-refractivity contribution in [3.63, 3.8) is 0 Å². The Morgan fingerprint density at radius 1 is 1.31 bits per heavy atom. The van der Waals surface area contributed by atoms with Crippen molar-refractivity contribution in [1.29, 1.82) is 0 Å². The van der Waals surface area contributed by atoms with Gasteiger partial charge in [-0.1, -0.05) is 0 Å². The van der Waals surface area contributed by atoms with Gasteiger partial charge in [0, 0.05) is 29.8 Å². The number of hydrogen-bond acceptors (Lipinski definition) is 4. The van der Waals surface area contributed by atoms with Crippen LogP contribution in [0.4, 0.5) is 0 Å². The van der Waals surface area contributed by atoms with E-state index in [-0.39, 0.29) is 5.91 Å². The largest absolute Gasteiger partial charge is 0.497 e. The molecule has 0 radical (unpaired) electrons. The molecule has 0 saturated carbocycles. The van der Waals surface area contributed by atoms with Crippen LogP contribution in [0.25, 0.3) is 11.3 Å². The molecule has 0 aliphatic carbocycles. The van der Waals surface area contributed by atoms with Gasteiger partial charge < -0.3 is 14.6 Å². The second-order valence-electron chi connectivity index (χ2n) is 6.47. The number of H-pyrrole nitrogens is 2. The lowest BCUT2D eigenvalue weighted by atomic mass is 10.0. The van der Waals surface area contributed by atoms with Gasteiger partial charge in [0.05, 0.1) is 43.5 Å². The second-order valence-corrected chi connectivity index (χ2v) is 6.47. The maximum absolute atomic E-state index is 12.9. The van der Waals surface area contributed by atoms with Gasteiger partial charge in [-0.15, -0.1) is 0 Å². The molecule has 0 saturated heterocycles. The first kappa shape index (κ1) is 16.4. The fourth-order valence-electron chi connectivity index (χ4n) is 3.34. The molecule has 1 aliphatic rings. The molecule has 0 fully saturated rings. The quantitative estimate of drug-likeness (QED) is 0.755. The SMILES string of the molecule is COc1ccc(-c2n[nH]c(C)c2CC(=O)N2CCc3nc[nH]c3C2)cc1. The molecule has 3 aromatic rings. The topological polar surface area (TPSA) is 86.9 Å².